The number of nitrogens with one attached hydrogen (secondary N) is 2. The first-order valence-corrected chi connectivity index (χ1v) is 19.6. The molecule has 2 heterocycles. The van der Waals surface area contributed by atoms with E-state index in [1.807, 2.05) is 12.1 Å². The van der Waals surface area contributed by atoms with Crippen LogP contribution in [0.3, 0.4) is 0 Å². The number of amides is 2. The van der Waals surface area contributed by atoms with Crippen molar-refractivity contribution in [2.75, 3.05) is 28.4 Å². The van der Waals surface area contributed by atoms with Crippen LogP contribution in [0.25, 0.3) is 10.8 Å². The minimum Gasteiger partial charge on any atom is -0.469 e. The lowest BCUT2D eigenvalue weighted by atomic mass is 10.0. The van der Waals surface area contributed by atoms with E-state index in [-0.39, 0.29) is 21.9 Å². The highest BCUT2D eigenvalue weighted by Gasteiger charge is 2.47. The number of hydrogen-bond donors (Lipinski definition) is 2. The van der Waals surface area contributed by atoms with Crippen molar-refractivity contribution in [1.29, 1.82) is 0 Å². The van der Waals surface area contributed by atoms with Gasteiger partial charge < -0.3 is 29.6 Å². The van der Waals surface area contributed by atoms with Crippen LogP contribution in [-0.4, -0.2) is 85.6 Å². The summed E-state index contributed by atoms with van der Waals surface area (Å²) in [6, 6.07) is 25.2. The Labute approximate surface area is 337 Å². The van der Waals surface area contributed by atoms with Gasteiger partial charge in [0.1, 0.15) is 23.6 Å². The molecule has 0 bridgehead atoms. The summed E-state index contributed by atoms with van der Waals surface area (Å²) in [5.74, 6) is -7.04. The lowest BCUT2D eigenvalue weighted by molar-refractivity contribution is -0.149. The van der Waals surface area contributed by atoms with E-state index in [0.717, 1.165) is 28.4 Å². The van der Waals surface area contributed by atoms with E-state index in [1.54, 1.807) is 66.7 Å². The summed E-state index contributed by atoms with van der Waals surface area (Å²) in [4.78, 5) is 108. The van der Waals surface area contributed by atoms with E-state index < -0.39 is 91.2 Å². The summed E-state index contributed by atoms with van der Waals surface area (Å²) in [5, 5.41) is 6.06. The van der Waals surface area contributed by atoms with Crippen molar-refractivity contribution in [3.63, 3.8) is 0 Å². The summed E-state index contributed by atoms with van der Waals surface area (Å²) >= 11 is 0. The molecule has 4 atom stereocenters. The van der Waals surface area contributed by atoms with Gasteiger partial charge in [0.2, 0.25) is 0 Å². The number of rotatable bonds is 13. The lowest BCUT2D eigenvalue weighted by Gasteiger charge is -2.28. The van der Waals surface area contributed by atoms with Crippen LogP contribution in [0.1, 0.15) is 56.3 Å². The predicted octanol–water partition coefficient (Wildman–Crippen LogP) is 2.75. The number of ether oxygens (including phenoxy) is 4. The molecule has 17 heteroatoms. The summed E-state index contributed by atoms with van der Waals surface area (Å²) in [6.45, 7) is 0. The minimum absolute atomic E-state index is 0.0224. The zero-order valence-electron chi connectivity index (χ0n) is 32.3. The molecule has 1 aliphatic heterocycles. The standard InChI is InChI=1S/C42H39N4O12P/c1-55-33(47)22-31(41(53)57-3)43-35(49)25-16-8-12-20-29(25)39-45-37(51)27-18-10-11-19-28(27)38(52)46(45)40(59(39)24-14-6-5-7-15-24)30-21-13-9-17-26(30)36(50)44-32(42(54)58-4)23-34(48)56-2/h5-21,31-32,39-40H,22-23H2,1-4H3,(H,43,49)(H,44,50)/t31-,32-,39+,40+/m0/s1. The van der Waals surface area contributed by atoms with Crippen LogP contribution in [-0.2, 0) is 38.1 Å². The molecule has 4 aromatic carbocycles. The van der Waals surface area contributed by atoms with Gasteiger partial charge in [0.15, 0.2) is 0 Å². The Bertz CT molecular complexity index is 2420. The molecule has 59 heavy (non-hydrogen) atoms. The zero-order chi connectivity index (χ0) is 42.4. The zero-order valence-corrected chi connectivity index (χ0v) is 33.2. The fourth-order valence-electron chi connectivity index (χ4n) is 7.07. The maximum absolute atomic E-state index is 14.9. The SMILES string of the molecule is COC(=O)C[C@H](NC(=O)c1ccccc1[C@@H]1n2c(=O)c3ccccc3c(=O)n2[C@@H](c2ccccc2C(=O)N[C@@H](CC(=O)OC)C(=O)OC)P1c1ccccc1)C(=O)OC. The second-order valence-corrected chi connectivity index (χ2v) is 15.5. The largest absolute Gasteiger partial charge is 0.469 e. The maximum Gasteiger partial charge on any atom is 0.328 e. The van der Waals surface area contributed by atoms with Gasteiger partial charge in [0.05, 0.1) is 52.1 Å². The van der Waals surface area contributed by atoms with Gasteiger partial charge in [-0.15, -0.1) is 0 Å². The van der Waals surface area contributed by atoms with Gasteiger partial charge in [-0.2, -0.15) is 0 Å². The van der Waals surface area contributed by atoms with Gasteiger partial charge in [-0.1, -0.05) is 78.9 Å². The molecule has 0 saturated heterocycles. The smallest absolute Gasteiger partial charge is 0.328 e. The van der Waals surface area contributed by atoms with Crippen LogP contribution in [0, 0.1) is 0 Å². The van der Waals surface area contributed by atoms with Crippen LogP contribution in [0.5, 0.6) is 0 Å². The molecule has 1 aliphatic rings. The van der Waals surface area contributed by atoms with Crippen molar-refractivity contribution in [3.8, 4) is 0 Å². The average molecular weight is 823 g/mol. The Kier molecular flexibility index (Phi) is 12.8. The molecule has 0 aliphatic carbocycles. The van der Waals surface area contributed by atoms with Gasteiger partial charge in [0.25, 0.3) is 22.9 Å². The van der Waals surface area contributed by atoms with E-state index in [9.17, 15) is 38.4 Å². The summed E-state index contributed by atoms with van der Waals surface area (Å²) in [7, 11) is 2.60. The Morgan fingerprint density at radius 1 is 0.542 bits per heavy atom. The number of fused-ring (bicyclic) bond motifs is 2. The van der Waals surface area contributed by atoms with E-state index >= 15 is 0 Å². The summed E-state index contributed by atoms with van der Waals surface area (Å²) in [6.07, 6.45) is -1.06. The molecule has 6 rings (SSSR count). The van der Waals surface area contributed by atoms with Crippen LogP contribution < -0.4 is 27.1 Å². The average Bonchev–Trinajstić information content (AvgIpc) is 3.63. The van der Waals surface area contributed by atoms with E-state index in [1.165, 1.54) is 33.6 Å². The van der Waals surface area contributed by atoms with Crippen LogP contribution >= 0.6 is 7.92 Å². The maximum atomic E-state index is 14.9. The second-order valence-electron chi connectivity index (χ2n) is 13.2. The monoisotopic (exact) mass is 822 g/mol. The van der Waals surface area contributed by atoms with Crippen molar-refractivity contribution in [2.24, 2.45) is 0 Å². The quantitative estimate of drug-likeness (QED) is 0.0999. The highest BCUT2D eigenvalue weighted by atomic mass is 31.1. The van der Waals surface area contributed by atoms with Crippen LogP contribution in [0.15, 0.2) is 113 Å². The molecule has 1 aromatic heterocycles. The topological polar surface area (TPSA) is 207 Å². The fourth-order valence-corrected chi connectivity index (χ4v) is 10.4. The Morgan fingerprint density at radius 2 is 0.915 bits per heavy atom. The van der Waals surface area contributed by atoms with E-state index in [2.05, 4.69) is 10.6 Å². The first-order chi connectivity index (χ1) is 28.4. The third-order valence-corrected chi connectivity index (χ3v) is 12.8. The van der Waals surface area contributed by atoms with Crippen molar-refractivity contribution >= 4 is 59.7 Å². The summed E-state index contributed by atoms with van der Waals surface area (Å²) < 4.78 is 21.8. The molecule has 0 spiro atoms. The number of esters is 4. The molecule has 2 N–H and O–H groups in total. The van der Waals surface area contributed by atoms with Crippen molar-refractivity contribution in [3.05, 3.63) is 146 Å². The number of carbonyl (C=O) groups is 6. The molecule has 0 radical (unpaired) electrons. The van der Waals surface area contributed by atoms with E-state index in [4.69, 9.17) is 18.9 Å². The number of aromatic nitrogens is 2. The third kappa shape index (κ3) is 8.25. The first kappa shape index (κ1) is 41.7. The van der Waals surface area contributed by atoms with Crippen molar-refractivity contribution in [1.82, 2.24) is 20.0 Å². The molecule has 0 fully saturated rings. The van der Waals surface area contributed by atoms with Gasteiger partial charge in [0, 0.05) is 11.1 Å². The highest BCUT2D eigenvalue weighted by Crippen LogP contribution is 2.65. The normalized spacial score (nSPS) is 15.6. The molecule has 0 unspecified atom stereocenters. The second kappa shape index (κ2) is 18.1. The number of benzene rings is 4. The predicted molar refractivity (Wildman–Crippen MR) is 214 cm³/mol. The van der Waals surface area contributed by atoms with Gasteiger partial charge in [-0.25, -0.2) is 19.0 Å². The van der Waals surface area contributed by atoms with Crippen LogP contribution in [0.2, 0.25) is 0 Å². The Morgan fingerprint density at radius 3 is 1.31 bits per heavy atom. The molecular weight excluding hydrogens is 783 g/mol. The summed E-state index contributed by atoms with van der Waals surface area (Å²) in [5.41, 5.74) is -0.491. The van der Waals surface area contributed by atoms with Gasteiger partial charge >= 0.3 is 23.9 Å². The number of hydrogen-bond acceptors (Lipinski definition) is 12. The van der Waals surface area contributed by atoms with Gasteiger partial charge in [-0.05, 0) is 48.6 Å². The molecule has 5 aromatic rings. The Hall–Kier alpha value is -6.93. The third-order valence-electron chi connectivity index (χ3n) is 9.83. The fraction of sp³-hybridized carbons (Fsp3) is 0.238. The first-order valence-electron chi connectivity index (χ1n) is 18.1. The number of nitrogens with zero attached hydrogens (tertiary/aromatic N) is 2. The molecule has 0 saturated carbocycles. The van der Waals surface area contributed by atoms with Gasteiger partial charge in [-0.3, -0.25) is 28.8 Å². The highest BCUT2D eigenvalue weighted by molar-refractivity contribution is 7.66. The van der Waals surface area contributed by atoms with Crippen molar-refractivity contribution in [2.45, 2.75) is 36.5 Å². The Balaban J connectivity index is 1.61. The number of carbonyl (C=O) groups excluding carboxylic acids is 6. The molecular formula is C42H39N4O12P. The minimum atomic E-state index is -1.89. The number of methoxy groups -OCH3 is 4. The van der Waals surface area contributed by atoms with E-state index in [0.29, 0.717) is 16.4 Å². The molecule has 16 nitrogen and oxygen atoms in total. The van der Waals surface area contributed by atoms with Crippen LogP contribution in [0.4, 0.5) is 0 Å². The van der Waals surface area contributed by atoms with Crippen molar-refractivity contribution < 1.29 is 47.7 Å². The molecule has 304 valence electrons. The lowest BCUT2D eigenvalue weighted by Crippen LogP contribution is -2.44. The molecule has 2 amide bonds.